The zero-order valence-corrected chi connectivity index (χ0v) is 6.61. The van der Waals surface area contributed by atoms with Gasteiger partial charge in [0.2, 0.25) is 0 Å². The molecule has 1 aromatic heterocycles. The van der Waals surface area contributed by atoms with Gasteiger partial charge in [0.15, 0.2) is 0 Å². The average molecular weight is 149 g/mol. The molecule has 2 heteroatoms. The molecule has 11 heavy (non-hydrogen) atoms. The van der Waals surface area contributed by atoms with Crippen molar-refractivity contribution in [2.75, 3.05) is 0 Å². The molecule has 0 unspecified atom stereocenters. The number of hydrogen-bond donors (Lipinski definition) is 0. The maximum absolute atomic E-state index is 4.05. The van der Waals surface area contributed by atoms with Crippen LogP contribution in [0.1, 0.15) is 31.7 Å². The average Bonchev–Trinajstić information content (AvgIpc) is 2.58. The molecule has 1 aliphatic carbocycles. The summed E-state index contributed by atoms with van der Waals surface area (Å²) < 4.78 is 2.23. The van der Waals surface area contributed by atoms with Gasteiger partial charge in [-0.15, -0.1) is 0 Å². The molecule has 0 saturated heterocycles. The third-order valence-electron chi connectivity index (χ3n) is 2.35. The maximum Gasteiger partial charge on any atom is 0.0948 e. The molecular weight excluding hydrogens is 136 g/mol. The van der Waals surface area contributed by atoms with Gasteiger partial charge >= 0.3 is 0 Å². The first-order valence-electron chi connectivity index (χ1n) is 4.26. The van der Waals surface area contributed by atoms with Gasteiger partial charge < -0.3 is 4.57 Å². The van der Waals surface area contributed by atoms with Crippen LogP contribution < -0.4 is 0 Å². The molecule has 1 saturated carbocycles. The lowest BCUT2D eigenvalue weighted by molar-refractivity contribution is 0.395. The third kappa shape index (κ3) is 1.44. The Hall–Kier alpha value is -0.790. The van der Waals surface area contributed by atoms with Gasteiger partial charge in [-0.05, 0) is 32.1 Å². The Balaban J connectivity index is 2.04. The van der Waals surface area contributed by atoms with Crippen LogP contribution in [-0.4, -0.2) is 9.55 Å². The van der Waals surface area contributed by atoms with Crippen molar-refractivity contribution in [1.82, 2.24) is 9.55 Å². The monoisotopic (exact) mass is 149 g/mol. The molecule has 0 N–H and O–H groups in total. The van der Waals surface area contributed by atoms with Crippen LogP contribution in [0.2, 0.25) is 0 Å². The standard InChI is InChI=1S/C9H13N2/c1-2-4-9(5-3-1)11-7-6-10-8-11/h1,6-9H,2-5H2. The van der Waals surface area contributed by atoms with Crippen LogP contribution in [0, 0.1) is 6.42 Å². The Kier molecular flexibility index (Phi) is 1.93. The van der Waals surface area contributed by atoms with E-state index < -0.39 is 0 Å². The fourth-order valence-electron chi connectivity index (χ4n) is 1.69. The summed E-state index contributed by atoms with van der Waals surface area (Å²) in [6.45, 7) is 0. The van der Waals surface area contributed by atoms with Crippen LogP contribution in [0.5, 0.6) is 0 Å². The van der Waals surface area contributed by atoms with Crippen LogP contribution in [0.3, 0.4) is 0 Å². The van der Waals surface area contributed by atoms with Crippen LogP contribution in [0.25, 0.3) is 0 Å². The molecule has 0 atom stereocenters. The number of rotatable bonds is 1. The highest BCUT2D eigenvalue weighted by molar-refractivity contribution is 4.85. The van der Waals surface area contributed by atoms with Gasteiger partial charge in [-0.2, -0.15) is 0 Å². The molecule has 1 aromatic rings. The van der Waals surface area contributed by atoms with Gasteiger partial charge in [-0.25, -0.2) is 4.98 Å². The lowest BCUT2D eigenvalue weighted by Crippen LogP contribution is -2.10. The molecule has 0 aliphatic heterocycles. The van der Waals surface area contributed by atoms with Crippen molar-refractivity contribution in [2.24, 2.45) is 0 Å². The fraction of sp³-hybridized carbons (Fsp3) is 0.556. The number of nitrogens with zero attached hydrogens (tertiary/aromatic N) is 2. The van der Waals surface area contributed by atoms with Gasteiger partial charge in [-0.3, -0.25) is 0 Å². The minimum atomic E-state index is 0.711. The second-order valence-corrected chi connectivity index (χ2v) is 3.11. The molecule has 0 amide bonds. The van der Waals surface area contributed by atoms with Gasteiger partial charge in [0, 0.05) is 18.4 Å². The molecule has 0 spiro atoms. The summed E-state index contributed by atoms with van der Waals surface area (Å²) in [5, 5.41) is 0. The van der Waals surface area contributed by atoms with Crippen molar-refractivity contribution in [1.29, 1.82) is 0 Å². The lowest BCUT2D eigenvalue weighted by atomic mass is 9.95. The Morgan fingerprint density at radius 2 is 2.09 bits per heavy atom. The highest BCUT2D eigenvalue weighted by atomic mass is 15.0. The molecule has 0 aromatic carbocycles. The first kappa shape index (κ1) is 6.89. The summed E-state index contributed by atoms with van der Waals surface area (Å²) in [6.07, 6.45) is 13.3. The Morgan fingerprint density at radius 1 is 1.27 bits per heavy atom. The smallest absolute Gasteiger partial charge is 0.0948 e. The molecular formula is C9H13N2. The molecule has 1 heterocycles. The van der Waals surface area contributed by atoms with E-state index >= 15 is 0 Å². The summed E-state index contributed by atoms with van der Waals surface area (Å²) in [7, 11) is 0. The quantitative estimate of drug-likeness (QED) is 0.598. The van der Waals surface area contributed by atoms with E-state index in [4.69, 9.17) is 0 Å². The summed E-state index contributed by atoms with van der Waals surface area (Å²) in [5.74, 6) is 0. The first-order valence-corrected chi connectivity index (χ1v) is 4.26. The first-order chi connectivity index (χ1) is 5.47. The second-order valence-electron chi connectivity index (χ2n) is 3.11. The van der Waals surface area contributed by atoms with E-state index in [1.165, 1.54) is 25.7 Å². The van der Waals surface area contributed by atoms with Crippen LogP contribution in [0.4, 0.5) is 0 Å². The molecule has 0 bridgehead atoms. The Morgan fingerprint density at radius 3 is 2.73 bits per heavy atom. The maximum atomic E-state index is 4.05. The van der Waals surface area contributed by atoms with E-state index in [0.717, 1.165) is 0 Å². The highest BCUT2D eigenvalue weighted by Crippen LogP contribution is 2.26. The molecule has 1 aliphatic rings. The molecule has 1 fully saturated rings. The Bertz CT molecular complexity index is 197. The second kappa shape index (κ2) is 3.07. The zero-order chi connectivity index (χ0) is 7.52. The largest absolute Gasteiger partial charge is 0.334 e. The van der Waals surface area contributed by atoms with E-state index in [-0.39, 0.29) is 0 Å². The normalized spacial score (nSPS) is 20.4. The van der Waals surface area contributed by atoms with Gasteiger partial charge in [0.05, 0.1) is 6.33 Å². The SMILES string of the molecule is [CH]1CCC(n2ccnc2)CC1. The van der Waals surface area contributed by atoms with E-state index in [9.17, 15) is 0 Å². The summed E-state index contributed by atoms with van der Waals surface area (Å²) in [5.41, 5.74) is 0. The number of aromatic nitrogens is 2. The van der Waals surface area contributed by atoms with Gasteiger partial charge in [-0.1, -0.05) is 0 Å². The Labute approximate surface area is 67.3 Å². The number of imidazole rings is 1. The van der Waals surface area contributed by atoms with E-state index in [1.807, 2.05) is 12.5 Å². The van der Waals surface area contributed by atoms with Crippen molar-refractivity contribution in [3.05, 3.63) is 25.1 Å². The molecule has 1 radical (unpaired) electrons. The van der Waals surface area contributed by atoms with Gasteiger partial charge in [0.25, 0.3) is 0 Å². The van der Waals surface area contributed by atoms with E-state index in [0.29, 0.717) is 6.04 Å². The van der Waals surface area contributed by atoms with Crippen molar-refractivity contribution in [3.63, 3.8) is 0 Å². The van der Waals surface area contributed by atoms with E-state index in [1.54, 1.807) is 0 Å². The molecule has 2 nitrogen and oxygen atoms in total. The summed E-state index contributed by atoms with van der Waals surface area (Å²) in [4.78, 5) is 4.05. The van der Waals surface area contributed by atoms with Gasteiger partial charge in [0.1, 0.15) is 0 Å². The van der Waals surface area contributed by atoms with Crippen molar-refractivity contribution < 1.29 is 0 Å². The lowest BCUT2D eigenvalue weighted by Gasteiger charge is -2.22. The minimum absolute atomic E-state index is 0.711. The third-order valence-corrected chi connectivity index (χ3v) is 2.35. The van der Waals surface area contributed by atoms with E-state index in [2.05, 4.69) is 22.2 Å². The zero-order valence-electron chi connectivity index (χ0n) is 6.61. The topological polar surface area (TPSA) is 17.8 Å². The van der Waals surface area contributed by atoms with Crippen LogP contribution >= 0.6 is 0 Å². The predicted molar refractivity (Wildman–Crippen MR) is 44.0 cm³/mol. The number of hydrogen-bond acceptors (Lipinski definition) is 1. The predicted octanol–water partition coefficient (Wildman–Crippen LogP) is 2.20. The minimum Gasteiger partial charge on any atom is -0.334 e. The summed E-state index contributed by atoms with van der Waals surface area (Å²) in [6, 6.07) is 0.711. The highest BCUT2D eigenvalue weighted by Gasteiger charge is 2.13. The van der Waals surface area contributed by atoms with Crippen LogP contribution in [-0.2, 0) is 0 Å². The van der Waals surface area contributed by atoms with Crippen molar-refractivity contribution in [3.8, 4) is 0 Å². The fourth-order valence-corrected chi connectivity index (χ4v) is 1.69. The van der Waals surface area contributed by atoms with Crippen molar-refractivity contribution in [2.45, 2.75) is 31.7 Å². The molecule has 59 valence electrons. The van der Waals surface area contributed by atoms with Crippen molar-refractivity contribution >= 4 is 0 Å². The molecule has 2 rings (SSSR count). The van der Waals surface area contributed by atoms with Crippen LogP contribution in [0.15, 0.2) is 18.7 Å². The summed E-state index contributed by atoms with van der Waals surface area (Å²) >= 11 is 0.